The van der Waals surface area contributed by atoms with Crippen molar-refractivity contribution in [1.29, 1.82) is 0 Å². The van der Waals surface area contributed by atoms with E-state index < -0.39 is 0 Å². The normalized spacial score (nSPS) is 10.9. The van der Waals surface area contributed by atoms with Crippen LogP contribution in [-0.4, -0.2) is 25.2 Å². The Kier molecular flexibility index (Phi) is 4.65. The molecule has 0 fully saturated rings. The first-order chi connectivity index (χ1) is 9.22. The summed E-state index contributed by atoms with van der Waals surface area (Å²) in [4.78, 5) is 4.12. The van der Waals surface area contributed by atoms with Crippen LogP contribution in [-0.2, 0) is 11.3 Å². The predicted molar refractivity (Wildman–Crippen MR) is 70.2 cm³/mol. The van der Waals surface area contributed by atoms with Gasteiger partial charge in [0.05, 0.1) is 12.2 Å². The Balaban J connectivity index is 2.16. The zero-order valence-electron chi connectivity index (χ0n) is 11.1. The fraction of sp³-hybridized carbons (Fsp3) is 0.357. The molecule has 0 aliphatic rings. The van der Waals surface area contributed by atoms with Crippen molar-refractivity contribution in [2.45, 2.75) is 13.5 Å². The molecule has 0 radical (unpaired) electrons. The van der Waals surface area contributed by atoms with Crippen LogP contribution in [0.3, 0.4) is 0 Å². The number of oxazole rings is 1. The van der Waals surface area contributed by atoms with Crippen molar-refractivity contribution in [2.24, 2.45) is 0 Å². The third kappa shape index (κ3) is 3.39. The first kappa shape index (κ1) is 13.7. The second kappa shape index (κ2) is 6.45. The SMILES string of the molecule is COCCNCc1ncoc1-c1cc(C)ccc1F. The predicted octanol–water partition coefficient (Wildman–Crippen LogP) is 2.53. The quantitative estimate of drug-likeness (QED) is 0.814. The summed E-state index contributed by atoms with van der Waals surface area (Å²) in [7, 11) is 1.64. The third-order valence-corrected chi connectivity index (χ3v) is 2.78. The molecule has 1 aromatic heterocycles. The summed E-state index contributed by atoms with van der Waals surface area (Å²) in [5.41, 5.74) is 2.12. The van der Waals surface area contributed by atoms with Gasteiger partial charge in [0.25, 0.3) is 0 Å². The molecule has 0 bridgehead atoms. The van der Waals surface area contributed by atoms with E-state index in [4.69, 9.17) is 9.15 Å². The molecule has 2 rings (SSSR count). The van der Waals surface area contributed by atoms with Crippen LogP contribution < -0.4 is 5.32 Å². The summed E-state index contributed by atoms with van der Waals surface area (Å²) in [5.74, 6) is 0.173. The number of methoxy groups -OCH3 is 1. The van der Waals surface area contributed by atoms with E-state index in [0.717, 1.165) is 5.56 Å². The number of ether oxygens (including phenoxy) is 1. The maximum atomic E-state index is 13.8. The molecule has 4 nitrogen and oxygen atoms in total. The van der Waals surface area contributed by atoms with Gasteiger partial charge < -0.3 is 14.5 Å². The molecule has 0 amide bonds. The van der Waals surface area contributed by atoms with E-state index in [0.29, 0.717) is 36.7 Å². The summed E-state index contributed by atoms with van der Waals surface area (Å²) in [6.07, 6.45) is 1.34. The molecule has 19 heavy (non-hydrogen) atoms. The molecule has 0 aliphatic heterocycles. The van der Waals surface area contributed by atoms with Gasteiger partial charge in [-0.05, 0) is 19.1 Å². The molecule has 0 atom stereocenters. The van der Waals surface area contributed by atoms with Crippen molar-refractivity contribution in [2.75, 3.05) is 20.3 Å². The summed E-state index contributed by atoms with van der Waals surface area (Å²) < 4.78 is 24.1. The molecule has 0 unspecified atom stereocenters. The van der Waals surface area contributed by atoms with Crippen molar-refractivity contribution in [3.05, 3.63) is 41.7 Å². The number of rotatable bonds is 6. The minimum Gasteiger partial charge on any atom is -0.443 e. The van der Waals surface area contributed by atoms with E-state index in [1.54, 1.807) is 19.2 Å². The standard InChI is InChI=1S/C14H17FN2O2/c1-10-3-4-12(15)11(7-10)14-13(17-9-19-14)8-16-5-6-18-2/h3-4,7,9,16H,5-6,8H2,1-2H3. The van der Waals surface area contributed by atoms with E-state index >= 15 is 0 Å². The summed E-state index contributed by atoms with van der Waals surface area (Å²) >= 11 is 0. The first-order valence-electron chi connectivity index (χ1n) is 6.11. The van der Waals surface area contributed by atoms with Gasteiger partial charge in [0.15, 0.2) is 12.2 Å². The second-order valence-electron chi connectivity index (χ2n) is 4.28. The molecule has 1 aromatic carbocycles. The van der Waals surface area contributed by atoms with E-state index in [2.05, 4.69) is 10.3 Å². The number of nitrogens with zero attached hydrogens (tertiary/aromatic N) is 1. The summed E-state index contributed by atoms with van der Waals surface area (Å²) in [6, 6.07) is 4.93. The highest BCUT2D eigenvalue weighted by Crippen LogP contribution is 2.26. The summed E-state index contributed by atoms with van der Waals surface area (Å²) in [6.45, 7) is 3.75. The van der Waals surface area contributed by atoms with Crippen molar-refractivity contribution in [3.8, 4) is 11.3 Å². The highest BCUT2D eigenvalue weighted by atomic mass is 19.1. The van der Waals surface area contributed by atoms with Crippen LogP contribution in [0.1, 0.15) is 11.3 Å². The minimum absolute atomic E-state index is 0.305. The van der Waals surface area contributed by atoms with Crippen molar-refractivity contribution < 1.29 is 13.5 Å². The molecule has 102 valence electrons. The van der Waals surface area contributed by atoms with Gasteiger partial charge in [0, 0.05) is 20.2 Å². The average molecular weight is 264 g/mol. The first-order valence-corrected chi connectivity index (χ1v) is 6.11. The van der Waals surface area contributed by atoms with Crippen LogP contribution in [0.4, 0.5) is 4.39 Å². The monoisotopic (exact) mass is 264 g/mol. The lowest BCUT2D eigenvalue weighted by Crippen LogP contribution is -2.19. The van der Waals surface area contributed by atoms with Crippen molar-refractivity contribution in [3.63, 3.8) is 0 Å². The molecular formula is C14H17FN2O2. The van der Waals surface area contributed by atoms with Crippen LogP contribution >= 0.6 is 0 Å². The van der Waals surface area contributed by atoms with Crippen LogP contribution in [0.15, 0.2) is 29.0 Å². The molecule has 0 aliphatic carbocycles. The van der Waals surface area contributed by atoms with E-state index in [1.165, 1.54) is 12.5 Å². The Hall–Kier alpha value is -1.72. The van der Waals surface area contributed by atoms with Crippen LogP contribution in [0.5, 0.6) is 0 Å². The molecule has 1 heterocycles. The second-order valence-corrected chi connectivity index (χ2v) is 4.28. The molecule has 2 aromatic rings. The van der Waals surface area contributed by atoms with Gasteiger partial charge in [-0.1, -0.05) is 11.6 Å². The zero-order chi connectivity index (χ0) is 13.7. The summed E-state index contributed by atoms with van der Waals surface area (Å²) in [5, 5.41) is 3.16. The van der Waals surface area contributed by atoms with E-state index in [1.807, 2.05) is 6.92 Å². The Bertz CT molecular complexity index is 540. The lowest BCUT2D eigenvalue weighted by molar-refractivity contribution is 0.199. The van der Waals surface area contributed by atoms with Crippen LogP contribution in [0.25, 0.3) is 11.3 Å². The molecule has 5 heteroatoms. The number of nitrogens with one attached hydrogen (secondary N) is 1. The number of hydrogen-bond acceptors (Lipinski definition) is 4. The molecular weight excluding hydrogens is 247 g/mol. The fourth-order valence-corrected chi connectivity index (χ4v) is 1.81. The van der Waals surface area contributed by atoms with E-state index in [9.17, 15) is 4.39 Å². The van der Waals surface area contributed by atoms with Gasteiger partial charge in [0.2, 0.25) is 0 Å². The average Bonchev–Trinajstić information content (AvgIpc) is 2.86. The van der Waals surface area contributed by atoms with Gasteiger partial charge in [-0.25, -0.2) is 9.37 Å². The number of aromatic nitrogens is 1. The van der Waals surface area contributed by atoms with Crippen LogP contribution in [0.2, 0.25) is 0 Å². The smallest absolute Gasteiger partial charge is 0.181 e. The third-order valence-electron chi connectivity index (χ3n) is 2.78. The van der Waals surface area contributed by atoms with Gasteiger partial charge in [-0.3, -0.25) is 0 Å². The lowest BCUT2D eigenvalue weighted by Gasteiger charge is -2.05. The number of aryl methyl sites for hydroxylation is 1. The highest BCUT2D eigenvalue weighted by Gasteiger charge is 2.14. The molecule has 0 spiro atoms. The lowest BCUT2D eigenvalue weighted by atomic mass is 10.1. The molecule has 0 saturated carbocycles. The Morgan fingerprint density at radius 1 is 1.42 bits per heavy atom. The Morgan fingerprint density at radius 2 is 2.26 bits per heavy atom. The number of halogens is 1. The van der Waals surface area contributed by atoms with E-state index in [-0.39, 0.29) is 5.82 Å². The Morgan fingerprint density at radius 3 is 3.05 bits per heavy atom. The zero-order valence-corrected chi connectivity index (χ0v) is 11.1. The Labute approximate surface area is 111 Å². The number of benzene rings is 1. The maximum absolute atomic E-state index is 13.8. The van der Waals surface area contributed by atoms with Gasteiger partial charge in [-0.2, -0.15) is 0 Å². The van der Waals surface area contributed by atoms with Crippen molar-refractivity contribution >= 4 is 0 Å². The highest BCUT2D eigenvalue weighted by molar-refractivity contribution is 5.61. The molecule has 0 saturated heterocycles. The topological polar surface area (TPSA) is 47.3 Å². The van der Waals surface area contributed by atoms with Gasteiger partial charge in [-0.15, -0.1) is 0 Å². The fourth-order valence-electron chi connectivity index (χ4n) is 1.81. The van der Waals surface area contributed by atoms with Gasteiger partial charge >= 0.3 is 0 Å². The molecule has 1 N–H and O–H groups in total. The minimum atomic E-state index is -0.305. The van der Waals surface area contributed by atoms with Crippen LogP contribution in [0, 0.1) is 12.7 Å². The van der Waals surface area contributed by atoms with Crippen molar-refractivity contribution in [1.82, 2.24) is 10.3 Å². The maximum Gasteiger partial charge on any atom is 0.181 e. The van der Waals surface area contributed by atoms with Gasteiger partial charge in [0.1, 0.15) is 11.5 Å². The number of hydrogen-bond donors (Lipinski definition) is 1. The largest absolute Gasteiger partial charge is 0.443 e.